The van der Waals surface area contributed by atoms with Gasteiger partial charge in [-0.15, -0.1) is 0 Å². The number of ketones is 3. The van der Waals surface area contributed by atoms with Crippen molar-refractivity contribution in [3.63, 3.8) is 0 Å². The summed E-state index contributed by atoms with van der Waals surface area (Å²) >= 11 is 0. The van der Waals surface area contributed by atoms with Gasteiger partial charge in [0.15, 0.2) is 5.78 Å². The second-order valence-corrected chi connectivity index (χ2v) is 5.66. The van der Waals surface area contributed by atoms with Crippen molar-refractivity contribution in [3.05, 3.63) is 11.8 Å². The first-order chi connectivity index (χ1) is 10.1. The molecule has 5 heteroatoms. The fraction of sp³-hybridized carbons (Fsp3) is 0.688. The van der Waals surface area contributed by atoms with Crippen molar-refractivity contribution in [1.82, 2.24) is 4.90 Å². The SMILES string of the molecule is O=C1C=C(N2CCOCC2)CCC1.O=C1CCCC(=O)C1. The summed E-state index contributed by atoms with van der Waals surface area (Å²) in [6, 6.07) is 0. The molecule has 2 aliphatic carbocycles. The maximum atomic E-state index is 11.2. The molecule has 0 aromatic rings. The number of morpholine rings is 1. The van der Waals surface area contributed by atoms with Gasteiger partial charge < -0.3 is 9.64 Å². The van der Waals surface area contributed by atoms with Gasteiger partial charge in [-0.25, -0.2) is 0 Å². The topological polar surface area (TPSA) is 63.7 Å². The van der Waals surface area contributed by atoms with Crippen molar-refractivity contribution in [1.29, 1.82) is 0 Å². The number of carbonyl (C=O) groups is 3. The number of hydrogen-bond donors (Lipinski definition) is 0. The summed E-state index contributed by atoms with van der Waals surface area (Å²) in [5, 5.41) is 0. The maximum Gasteiger partial charge on any atom is 0.157 e. The summed E-state index contributed by atoms with van der Waals surface area (Å²) in [5.41, 5.74) is 1.22. The van der Waals surface area contributed by atoms with Gasteiger partial charge in [0.05, 0.1) is 19.6 Å². The normalized spacial score (nSPS) is 23.3. The molecular weight excluding hydrogens is 270 g/mol. The van der Waals surface area contributed by atoms with E-state index in [2.05, 4.69) is 4.90 Å². The van der Waals surface area contributed by atoms with E-state index in [1.165, 1.54) is 5.70 Å². The number of hydrogen-bond acceptors (Lipinski definition) is 5. The zero-order valence-electron chi connectivity index (χ0n) is 12.4. The van der Waals surface area contributed by atoms with E-state index in [1.54, 1.807) is 0 Å². The molecule has 0 aromatic carbocycles. The Labute approximate surface area is 125 Å². The zero-order chi connectivity index (χ0) is 15.1. The molecule has 1 aliphatic heterocycles. The first-order valence-electron chi connectivity index (χ1n) is 7.74. The lowest BCUT2D eigenvalue weighted by atomic mass is 9.98. The van der Waals surface area contributed by atoms with Gasteiger partial charge >= 0.3 is 0 Å². The highest BCUT2D eigenvalue weighted by molar-refractivity contribution is 6.01. The van der Waals surface area contributed by atoms with E-state index in [0.29, 0.717) is 12.8 Å². The molecule has 0 bridgehead atoms. The Morgan fingerprint density at radius 1 is 0.857 bits per heavy atom. The van der Waals surface area contributed by atoms with Crippen LogP contribution < -0.4 is 0 Å². The van der Waals surface area contributed by atoms with Crippen LogP contribution in [0, 0.1) is 0 Å². The molecule has 116 valence electrons. The average molecular weight is 293 g/mol. The van der Waals surface area contributed by atoms with E-state index >= 15 is 0 Å². The van der Waals surface area contributed by atoms with Crippen molar-refractivity contribution in [2.24, 2.45) is 0 Å². The molecule has 1 saturated carbocycles. The molecular formula is C16H23NO4. The minimum atomic E-state index is 0.112. The van der Waals surface area contributed by atoms with Gasteiger partial charge in [0, 0.05) is 44.1 Å². The largest absolute Gasteiger partial charge is 0.378 e. The Hall–Kier alpha value is -1.49. The Balaban J connectivity index is 0.000000173. The fourth-order valence-electron chi connectivity index (χ4n) is 2.75. The summed E-state index contributed by atoms with van der Waals surface area (Å²) in [6.07, 6.45) is 6.82. The summed E-state index contributed by atoms with van der Waals surface area (Å²) in [5.74, 6) is 0.509. The van der Waals surface area contributed by atoms with Crippen molar-refractivity contribution < 1.29 is 19.1 Å². The van der Waals surface area contributed by atoms with Crippen molar-refractivity contribution >= 4 is 17.3 Å². The van der Waals surface area contributed by atoms with Crippen LogP contribution in [-0.4, -0.2) is 48.6 Å². The van der Waals surface area contributed by atoms with E-state index < -0.39 is 0 Å². The third-order valence-electron chi connectivity index (χ3n) is 3.91. The molecule has 0 atom stereocenters. The zero-order valence-corrected chi connectivity index (χ0v) is 12.4. The van der Waals surface area contributed by atoms with Crippen LogP contribution in [0.25, 0.3) is 0 Å². The van der Waals surface area contributed by atoms with Gasteiger partial charge in [0.25, 0.3) is 0 Å². The Morgan fingerprint density at radius 2 is 1.48 bits per heavy atom. The second kappa shape index (κ2) is 8.08. The van der Waals surface area contributed by atoms with E-state index in [1.807, 2.05) is 6.08 Å². The van der Waals surface area contributed by atoms with Crippen LogP contribution in [-0.2, 0) is 19.1 Å². The number of ether oxygens (including phenoxy) is 1. The third kappa shape index (κ3) is 5.42. The van der Waals surface area contributed by atoms with Gasteiger partial charge in [-0.3, -0.25) is 14.4 Å². The molecule has 1 saturated heterocycles. The lowest BCUT2D eigenvalue weighted by molar-refractivity contribution is -0.129. The van der Waals surface area contributed by atoms with Gasteiger partial charge in [0.1, 0.15) is 11.6 Å². The van der Waals surface area contributed by atoms with E-state index in [-0.39, 0.29) is 23.8 Å². The molecule has 0 N–H and O–H groups in total. The van der Waals surface area contributed by atoms with Gasteiger partial charge in [-0.05, 0) is 19.3 Å². The Morgan fingerprint density at radius 3 is 2.00 bits per heavy atom. The molecule has 3 aliphatic rings. The van der Waals surface area contributed by atoms with Gasteiger partial charge in [-0.2, -0.15) is 0 Å². The van der Waals surface area contributed by atoms with E-state index in [9.17, 15) is 14.4 Å². The molecule has 1 heterocycles. The molecule has 21 heavy (non-hydrogen) atoms. The van der Waals surface area contributed by atoms with Crippen molar-refractivity contribution in [3.8, 4) is 0 Å². The first kappa shape index (κ1) is 15.9. The van der Waals surface area contributed by atoms with Crippen molar-refractivity contribution in [2.45, 2.75) is 44.9 Å². The van der Waals surface area contributed by atoms with Crippen LogP contribution in [0.15, 0.2) is 11.8 Å². The maximum absolute atomic E-state index is 11.2. The number of allylic oxidation sites excluding steroid dienone is 2. The number of Topliss-reactive ketones (excluding diaryl/α,β-unsaturated/α-hetero) is 2. The molecule has 0 aromatic heterocycles. The predicted molar refractivity (Wildman–Crippen MR) is 77.8 cm³/mol. The van der Waals surface area contributed by atoms with Gasteiger partial charge in [-0.1, -0.05) is 0 Å². The van der Waals surface area contributed by atoms with Crippen LogP contribution in [0.1, 0.15) is 44.9 Å². The van der Waals surface area contributed by atoms with Crippen LogP contribution in [0.4, 0.5) is 0 Å². The molecule has 0 amide bonds. The van der Waals surface area contributed by atoms with Crippen molar-refractivity contribution in [2.75, 3.05) is 26.3 Å². The lowest BCUT2D eigenvalue weighted by Crippen LogP contribution is -2.36. The molecule has 0 unspecified atom stereocenters. The molecule has 3 rings (SSSR count). The fourth-order valence-corrected chi connectivity index (χ4v) is 2.75. The summed E-state index contributed by atoms with van der Waals surface area (Å²) < 4.78 is 5.26. The van der Waals surface area contributed by atoms with Crippen LogP contribution >= 0.6 is 0 Å². The minimum absolute atomic E-state index is 0.112. The Bertz CT molecular complexity index is 422. The van der Waals surface area contributed by atoms with Crippen LogP contribution in [0.5, 0.6) is 0 Å². The highest BCUT2D eigenvalue weighted by Crippen LogP contribution is 2.19. The molecule has 0 spiro atoms. The highest BCUT2D eigenvalue weighted by atomic mass is 16.5. The van der Waals surface area contributed by atoms with Gasteiger partial charge in [0.2, 0.25) is 0 Å². The average Bonchev–Trinajstić information content (AvgIpc) is 2.49. The molecule has 2 fully saturated rings. The summed E-state index contributed by atoms with van der Waals surface area (Å²) in [6.45, 7) is 3.48. The lowest BCUT2D eigenvalue weighted by Gasteiger charge is -2.32. The molecule has 5 nitrogen and oxygen atoms in total. The number of rotatable bonds is 1. The quantitative estimate of drug-likeness (QED) is 0.688. The minimum Gasteiger partial charge on any atom is -0.378 e. The monoisotopic (exact) mass is 293 g/mol. The third-order valence-corrected chi connectivity index (χ3v) is 3.91. The predicted octanol–water partition coefficient (Wildman–Crippen LogP) is 1.65. The first-order valence-corrected chi connectivity index (χ1v) is 7.74. The summed E-state index contributed by atoms with van der Waals surface area (Å²) in [4.78, 5) is 34.4. The Kier molecular flexibility index (Phi) is 6.11. The van der Waals surface area contributed by atoms with E-state index in [4.69, 9.17) is 4.74 Å². The highest BCUT2D eigenvalue weighted by Gasteiger charge is 2.17. The smallest absolute Gasteiger partial charge is 0.157 e. The number of nitrogens with zero attached hydrogens (tertiary/aromatic N) is 1. The summed E-state index contributed by atoms with van der Waals surface area (Å²) in [7, 11) is 0. The second-order valence-electron chi connectivity index (χ2n) is 5.66. The standard InChI is InChI=1S/C10H15NO2.C6H8O2/c12-10-3-1-2-9(8-10)11-4-6-13-7-5-11;7-5-2-1-3-6(8)4-5/h8H,1-7H2;1-4H2. The van der Waals surface area contributed by atoms with Crippen LogP contribution in [0.3, 0.4) is 0 Å². The van der Waals surface area contributed by atoms with Crippen LogP contribution in [0.2, 0.25) is 0 Å². The van der Waals surface area contributed by atoms with E-state index in [0.717, 1.165) is 52.0 Å². The number of carbonyl (C=O) groups excluding carboxylic acids is 3. The molecule has 0 radical (unpaired) electrons.